The summed E-state index contributed by atoms with van der Waals surface area (Å²) in [5.41, 5.74) is 0.947. The van der Waals surface area contributed by atoms with E-state index in [4.69, 9.17) is 14.2 Å². The van der Waals surface area contributed by atoms with Gasteiger partial charge in [0.1, 0.15) is 18.0 Å². The van der Waals surface area contributed by atoms with Crippen LogP contribution in [-0.2, 0) is 9.47 Å². The van der Waals surface area contributed by atoms with Crippen LogP contribution >= 0.6 is 0 Å². The number of carbonyl (C=O) groups is 1. The predicted molar refractivity (Wildman–Crippen MR) is 95.2 cm³/mol. The molecule has 142 valence electrons. The number of nitrogens with one attached hydrogen (secondary N) is 2. The fraction of sp³-hybridized carbons (Fsp3) is 0.684. The highest BCUT2D eigenvalue weighted by molar-refractivity contribution is 5.74. The molecule has 3 heterocycles. The summed E-state index contributed by atoms with van der Waals surface area (Å²) < 4.78 is 17.7. The monoisotopic (exact) mass is 361 g/mol. The first kappa shape index (κ1) is 17.5. The number of fused-ring (bicyclic) bond motifs is 1. The molecule has 0 unspecified atom stereocenters. The van der Waals surface area contributed by atoms with E-state index < -0.39 is 0 Å². The summed E-state index contributed by atoms with van der Waals surface area (Å²) in [5, 5.41) is 6.10. The van der Waals surface area contributed by atoms with E-state index >= 15 is 0 Å². The van der Waals surface area contributed by atoms with Gasteiger partial charge in [-0.05, 0) is 31.9 Å². The van der Waals surface area contributed by atoms with Crippen molar-refractivity contribution in [2.75, 3.05) is 13.2 Å². The van der Waals surface area contributed by atoms with Crippen LogP contribution in [0.4, 0.5) is 4.79 Å². The molecule has 0 bridgehead atoms. The highest BCUT2D eigenvalue weighted by atomic mass is 16.6. The molecule has 1 saturated carbocycles. The van der Waals surface area contributed by atoms with Crippen LogP contribution in [0, 0.1) is 6.92 Å². The van der Waals surface area contributed by atoms with Crippen molar-refractivity contribution in [3.63, 3.8) is 0 Å². The van der Waals surface area contributed by atoms with Gasteiger partial charge in [-0.2, -0.15) is 0 Å². The number of amides is 2. The van der Waals surface area contributed by atoms with Crippen LogP contribution in [0.5, 0.6) is 5.75 Å². The fourth-order valence-corrected chi connectivity index (χ4v) is 4.03. The first-order chi connectivity index (χ1) is 12.7. The molecule has 2 N–H and O–H groups in total. The zero-order valence-corrected chi connectivity index (χ0v) is 15.1. The summed E-state index contributed by atoms with van der Waals surface area (Å²) in [4.78, 5) is 16.5. The Balaban J connectivity index is 1.28. The van der Waals surface area contributed by atoms with Crippen molar-refractivity contribution in [3.05, 3.63) is 24.0 Å². The maximum absolute atomic E-state index is 12.3. The standard InChI is InChI=1S/C19H27N3O4/c1-12-7-8-14(9-20-12)26-16-11-25-17-15(10-24-18(16)17)22-19(23)21-13-5-3-2-4-6-13/h7-9,13,15-18H,2-6,10-11H2,1H3,(H2,21,22,23)/t15-,16-,17+,18+/m0/s1. The molecule has 1 aliphatic carbocycles. The number of hydrogen-bond acceptors (Lipinski definition) is 5. The van der Waals surface area contributed by atoms with Crippen LogP contribution < -0.4 is 15.4 Å². The van der Waals surface area contributed by atoms with Crippen LogP contribution in [0.3, 0.4) is 0 Å². The van der Waals surface area contributed by atoms with Crippen LogP contribution in [0.1, 0.15) is 37.8 Å². The third-order valence-electron chi connectivity index (χ3n) is 5.44. The molecular formula is C19H27N3O4. The number of aryl methyl sites for hydroxylation is 1. The first-order valence-corrected chi connectivity index (χ1v) is 9.58. The molecule has 7 nitrogen and oxygen atoms in total. The van der Waals surface area contributed by atoms with E-state index in [9.17, 15) is 4.79 Å². The highest BCUT2D eigenvalue weighted by Crippen LogP contribution is 2.30. The van der Waals surface area contributed by atoms with Crippen molar-refractivity contribution in [2.24, 2.45) is 0 Å². The number of carbonyl (C=O) groups excluding carboxylic acids is 1. The second-order valence-electron chi connectivity index (χ2n) is 7.45. The zero-order chi connectivity index (χ0) is 17.9. The lowest BCUT2D eigenvalue weighted by atomic mass is 9.96. The quantitative estimate of drug-likeness (QED) is 0.856. The lowest BCUT2D eigenvalue weighted by Gasteiger charge is -2.24. The maximum atomic E-state index is 12.3. The molecule has 3 aliphatic rings. The molecule has 4 atom stereocenters. The summed E-state index contributed by atoms with van der Waals surface area (Å²) in [7, 11) is 0. The number of pyridine rings is 1. The van der Waals surface area contributed by atoms with Crippen molar-refractivity contribution >= 4 is 6.03 Å². The Morgan fingerprint density at radius 3 is 2.69 bits per heavy atom. The molecule has 1 aromatic heterocycles. The minimum atomic E-state index is -0.183. The van der Waals surface area contributed by atoms with Crippen molar-refractivity contribution in [2.45, 2.75) is 69.4 Å². The number of aromatic nitrogens is 1. The summed E-state index contributed by atoms with van der Waals surface area (Å²) in [6.07, 6.45) is 6.98. The number of nitrogens with zero attached hydrogens (tertiary/aromatic N) is 1. The average Bonchev–Trinajstić information content (AvgIpc) is 3.22. The van der Waals surface area contributed by atoms with E-state index in [0.29, 0.717) is 19.0 Å². The Morgan fingerprint density at radius 2 is 1.92 bits per heavy atom. The van der Waals surface area contributed by atoms with Crippen molar-refractivity contribution in [3.8, 4) is 5.75 Å². The molecule has 1 aromatic rings. The van der Waals surface area contributed by atoms with Crippen LogP contribution in [0.25, 0.3) is 0 Å². The number of urea groups is 1. The first-order valence-electron chi connectivity index (χ1n) is 9.58. The van der Waals surface area contributed by atoms with Crippen LogP contribution in [-0.4, -0.2) is 54.6 Å². The third-order valence-corrected chi connectivity index (χ3v) is 5.44. The summed E-state index contributed by atoms with van der Waals surface area (Å²) in [5.74, 6) is 0.708. The summed E-state index contributed by atoms with van der Waals surface area (Å²) in [6.45, 7) is 2.83. The highest BCUT2D eigenvalue weighted by Gasteiger charge is 2.49. The van der Waals surface area contributed by atoms with E-state index in [1.54, 1.807) is 6.20 Å². The summed E-state index contributed by atoms with van der Waals surface area (Å²) >= 11 is 0. The Labute approximate surface area is 153 Å². The lowest BCUT2D eigenvalue weighted by Crippen LogP contribution is -2.51. The molecular weight excluding hydrogens is 334 g/mol. The molecule has 2 amide bonds. The fourth-order valence-electron chi connectivity index (χ4n) is 4.03. The Bertz CT molecular complexity index is 618. The number of ether oxygens (including phenoxy) is 3. The zero-order valence-electron chi connectivity index (χ0n) is 15.1. The molecule has 0 radical (unpaired) electrons. The number of hydrogen-bond donors (Lipinski definition) is 2. The largest absolute Gasteiger partial charge is 0.484 e. The van der Waals surface area contributed by atoms with Gasteiger partial charge >= 0.3 is 6.03 Å². The van der Waals surface area contributed by atoms with Gasteiger partial charge in [0.25, 0.3) is 0 Å². The van der Waals surface area contributed by atoms with Gasteiger partial charge in [0.15, 0.2) is 6.10 Å². The minimum Gasteiger partial charge on any atom is -0.484 e. The molecule has 4 rings (SSSR count). The molecule has 3 fully saturated rings. The molecule has 0 aromatic carbocycles. The Kier molecular flexibility index (Phi) is 5.26. The Hall–Kier alpha value is -1.86. The number of rotatable bonds is 4. The second kappa shape index (κ2) is 7.80. The van der Waals surface area contributed by atoms with Gasteiger partial charge in [-0.25, -0.2) is 4.79 Å². The van der Waals surface area contributed by atoms with Crippen molar-refractivity contribution in [1.82, 2.24) is 15.6 Å². The Morgan fingerprint density at radius 1 is 1.12 bits per heavy atom. The van der Waals surface area contributed by atoms with Gasteiger partial charge in [0, 0.05) is 11.7 Å². The van der Waals surface area contributed by atoms with Gasteiger partial charge in [-0.1, -0.05) is 19.3 Å². The molecule has 2 aliphatic heterocycles. The second-order valence-corrected chi connectivity index (χ2v) is 7.45. The third kappa shape index (κ3) is 3.94. The average molecular weight is 361 g/mol. The van der Waals surface area contributed by atoms with E-state index in [1.165, 1.54) is 19.3 Å². The smallest absolute Gasteiger partial charge is 0.315 e. The van der Waals surface area contributed by atoms with E-state index in [2.05, 4.69) is 15.6 Å². The molecule has 7 heteroatoms. The van der Waals surface area contributed by atoms with Gasteiger partial charge in [-0.15, -0.1) is 0 Å². The maximum Gasteiger partial charge on any atom is 0.315 e. The normalized spacial score (nSPS) is 31.4. The van der Waals surface area contributed by atoms with Crippen LogP contribution in [0.15, 0.2) is 18.3 Å². The molecule has 0 spiro atoms. The summed E-state index contributed by atoms with van der Waals surface area (Å²) in [6, 6.07) is 3.84. The molecule has 2 saturated heterocycles. The molecule has 26 heavy (non-hydrogen) atoms. The van der Waals surface area contributed by atoms with Crippen molar-refractivity contribution in [1.29, 1.82) is 0 Å². The predicted octanol–water partition coefficient (Wildman–Crippen LogP) is 1.94. The van der Waals surface area contributed by atoms with Gasteiger partial charge < -0.3 is 24.8 Å². The topological polar surface area (TPSA) is 81.7 Å². The minimum absolute atomic E-state index is 0.123. The van der Waals surface area contributed by atoms with Gasteiger partial charge in [0.05, 0.1) is 25.5 Å². The van der Waals surface area contributed by atoms with Gasteiger partial charge in [-0.3, -0.25) is 4.98 Å². The SMILES string of the molecule is Cc1ccc(O[C@H]2CO[C@H]3[C@@H]2OC[C@@H]3NC(=O)NC2CCCCC2)cn1. The van der Waals surface area contributed by atoms with Crippen molar-refractivity contribution < 1.29 is 19.0 Å². The van der Waals surface area contributed by atoms with E-state index in [0.717, 1.165) is 18.5 Å². The van der Waals surface area contributed by atoms with E-state index in [1.807, 2.05) is 19.1 Å². The van der Waals surface area contributed by atoms with Crippen LogP contribution in [0.2, 0.25) is 0 Å². The lowest BCUT2D eigenvalue weighted by molar-refractivity contribution is 0.0302. The van der Waals surface area contributed by atoms with E-state index in [-0.39, 0.29) is 36.4 Å². The van der Waals surface area contributed by atoms with Gasteiger partial charge in [0.2, 0.25) is 0 Å².